The number of hydrogen-bond donors (Lipinski definition) is 0. The van der Waals surface area contributed by atoms with Crippen molar-refractivity contribution >= 4 is 0 Å². The second-order valence-corrected chi connectivity index (χ2v) is 4.76. The van der Waals surface area contributed by atoms with Crippen LogP contribution in [0.4, 0.5) is 0 Å². The van der Waals surface area contributed by atoms with Gasteiger partial charge in [0, 0.05) is 6.54 Å². The number of aryl methyl sites for hydroxylation is 1. The lowest BCUT2D eigenvalue weighted by Crippen LogP contribution is -2.35. The van der Waals surface area contributed by atoms with Crippen LogP contribution < -0.4 is 0 Å². The number of epoxide rings is 1. The van der Waals surface area contributed by atoms with Gasteiger partial charge < -0.3 is 4.74 Å². The lowest BCUT2D eigenvalue weighted by Gasteiger charge is -2.30. The number of benzene rings is 1. The average molecular weight is 203 g/mol. The normalized spacial score (nSPS) is 34.9. The molecule has 1 aromatic rings. The second kappa shape index (κ2) is 3.32. The zero-order valence-corrected chi connectivity index (χ0v) is 9.31. The smallest absolute Gasteiger partial charge is 0.104 e. The van der Waals surface area contributed by atoms with Crippen LogP contribution in [0.1, 0.15) is 23.6 Å². The zero-order valence-electron chi connectivity index (χ0n) is 9.31. The van der Waals surface area contributed by atoms with Gasteiger partial charge in [0.1, 0.15) is 6.10 Å². The Hall–Kier alpha value is -0.860. The monoisotopic (exact) mass is 203 g/mol. The first-order valence-electron chi connectivity index (χ1n) is 5.68. The molecule has 0 bridgehead atoms. The maximum absolute atomic E-state index is 5.70. The maximum atomic E-state index is 5.70. The molecule has 80 valence electrons. The van der Waals surface area contributed by atoms with E-state index in [4.69, 9.17) is 4.74 Å². The zero-order chi connectivity index (χ0) is 10.4. The molecule has 2 nitrogen and oxygen atoms in total. The van der Waals surface area contributed by atoms with Crippen molar-refractivity contribution in [3.05, 3.63) is 35.4 Å². The first kappa shape index (κ1) is 9.37. The first-order chi connectivity index (χ1) is 7.25. The van der Waals surface area contributed by atoms with Gasteiger partial charge in [0.05, 0.1) is 12.1 Å². The summed E-state index contributed by atoms with van der Waals surface area (Å²) in [5, 5.41) is 0. The van der Waals surface area contributed by atoms with Crippen LogP contribution in [-0.4, -0.2) is 30.7 Å². The van der Waals surface area contributed by atoms with Crippen LogP contribution in [0.5, 0.6) is 0 Å². The SMILES string of the molecule is Cc1ccc(C2C3OC3CCN2C)cc1. The Morgan fingerprint density at radius 1 is 1.27 bits per heavy atom. The Morgan fingerprint density at radius 2 is 2.00 bits per heavy atom. The maximum Gasteiger partial charge on any atom is 0.104 e. The van der Waals surface area contributed by atoms with Gasteiger partial charge in [-0.2, -0.15) is 0 Å². The Labute approximate surface area is 90.8 Å². The molecule has 3 rings (SSSR count). The topological polar surface area (TPSA) is 15.8 Å². The number of fused-ring (bicyclic) bond motifs is 1. The Bertz CT molecular complexity index is 357. The Morgan fingerprint density at radius 3 is 2.73 bits per heavy atom. The quantitative estimate of drug-likeness (QED) is 0.650. The minimum Gasteiger partial charge on any atom is -0.367 e. The summed E-state index contributed by atoms with van der Waals surface area (Å²) in [5.41, 5.74) is 2.72. The third-order valence-electron chi connectivity index (χ3n) is 3.59. The highest BCUT2D eigenvalue weighted by Gasteiger charge is 2.49. The lowest BCUT2D eigenvalue weighted by atomic mass is 9.95. The summed E-state index contributed by atoms with van der Waals surface area (Å²) in [6.07, 6.45) is 2.18. The fourth-order valence-electron chi connectivity index (χ4n) is 2.60. The van der Waals surface area contributed by atoms with Gasteiger partial charge in [0.15, 0.2) is 0 Å². The highest BCUT2D eigenvalue weighted by molar-refractivity contribution is 5.27. The molecule has 0 N–H and O–H groups in total. The van der Waals surface area contributed by atoms with E-state index >= 15 is 0 Å². The molecule has 3 atom stereocenters. The fourth-order valence-corrected chi connectivity index (χ4v) is 2.60. The summed E-state index contributed by atoms with van der Waals surface area (Å²) in [4.78, 5) is 2.42. The minimum absolute atomic E-state index is 0.450. The molecule has 2 aliphatic heterocycles. The van der Waals surface area contributed by atoms with Crippen LogP contribution >= 0.6 is 0 Å². The molecule has 0 radical (unpaired) electrons. The van der Waals surface area contributed by atoms with E-state index in [1.807, 2.05) is 0 Å². The molecule has 0 amide bonds. The second-order valence-electron chi connectivity index (χ2n) is 4.76. The molecule has 0 aliphatic carbocycles. The highest BCUT2D eigenvalue weighted by atomic mass is 16.6. The standard InChI is InChI=1S/C13H17NO/c1-9-3-5-10(6-4-9)12-13-11(15-13)7-8-14(12)2/h3-6,11-13H,7-8H2,1-2H3. The van der Waals surface area contributed by atoms with Crippen molar-refractivity contribution in [2.24, 2.45) is 0 Å². The summed E-state index contributed by atoms with van der Waals surface area (Å²) in [7, 11) is 2.20. The van der Waals surface area contributed by atoms with Crippen molar-refractivity contribution in [2.75, 3.05) is 13.6 Å². The van der Waals surface area contributed by atoms with Crippen molar-refractivity contribution < 1.29 is 4.74 Å². The van der Waals surface area contributed by atoms with E-state index in [0.29, 0.717) is 18.2 Å². The molecule has 2 fully saturated rings. The van der Waals surface area contributed by atoms with Gasteiger partial charge in [-0.25, -0.2) is 0 Å². The van der Waals surface area contributed by atoms with Gasteiger partial charge in [-0.1, -0.05) is 29.8 Å². The largest absolute Gasteiger partial charge is 0.367 e. The van der Waals surface area contributed by atoms with Gasteiger partial charge in [0.25, 0.3) is 0 Å². The van der Waals surface area contributed by atoms with Crippen LogP contribution in [0.3, 0.4) is 0 Å². The first-order valence-corrected chi connectivity index (χ1v) is 5.68. The Balaban J connectivity index is 1.88. The van der Waals surface area contributed by atoms with E-state index in [2.05, 4.69) is 43.1 Å². The number of nitrogens with zero attached hydrogens (tertiary/aromatic N) is 1. The number of likely N-dealkylation sites (N-methyl/N-ethyl adjacent to an activating group) is 1. The fraction of sp³-hybridized carbons (Fsp3) is 0.538. The number of piperidine rings is 1. The summed E-state index contributed by atoms with van der Waals surface area (Å²) in [5.74, 6) is 0. The number of rotatable bonds is 1. The van der Waals surface area contributed by atoms with Crippen molar-refractivity contribution in [1.82, 2.24) is 4.90 Å². The van der Waals surface area contributed by atoms with Gasteiger partial charge in [-0.05, 0) is 26.0 Å². The summed E-state index contributed by atoms with van der Waals surface area (Å²) in [6, 6.07) is 9.33. The van der Waals surface area contributed by atoms with Crippen molar-refractivity contribution in [1.29, 1.82) is 0 Å². The van der Waals surface area contributed by atoms with Crippen LogP contribution in [0, 0.1) is 6.92 Å². The minimum atomic E-state index is 0.450. The van der Waals surface area contributed by atoms with E-state index in [1.165, 1.54) is 17.5 Å². The average Bonchev–Trinajstić information content (AvgIpc) is 2.99. The predicted octanol–water partition coefficient (Wildman–Crippen LogP) is 2.14. The predicted molar refractivity (Wildman–Crippen MR) is 59.8 cm³/mol. The van der Waals surface area contributed by atoms with Gasteiger partial charge in [-0.15, -0.1) is 0 Å². The van der Waals surface area contributed by atoms with Crippen molar-refractivity contribution in [2.45, 2.75) is 31.6 Å². The van der Waals surface area contributed by atoms with Gasteiger partial charge >= 0.3 is 0 Å². The van der Waals surface area contributed by atoms with E-state index in [-0.39, 0.29) is 0 Å². The number of likely N-dealkylation sites (tertiary alicyclic amines) is 1. The number of ether oxygens (including phenoxy) is 1. The third kappa shape index (κ3) is 1.58. The third-order valence-corrected chi connectivity index (χ3v) is 3.59. The van der Waals surface area contributed by atoms with Crippen molar-refractivity contribution in [3.63, 3.8) is 0 Å². The molecule has 15 heavy (non-hydrogen) atoms. The van der Waals surface area contributed by atoms with E-state index in [1.54, 1.807) is 0 Å². The summed E-state index contributed by atoms with van der Waals surface area (Å²) < 4.78 is 5.70. The van der Waals surface area contributed by atoms with Gasteiger partial charge in [0.2, 0.25) is 0 Å². The molecule has 2 saturated heterocycles. The molecule has 2 aliphatic rings. The van der Waals surface area contributed by atoms with Crippen LogP contribution in [0.25, 0.3) is 0 Å². The molecule has 2 heteroatoms. The molecular weight excluding hydrogens is 186 g/mol. The lowest BCUT2D eigenvalue weighted by molar-refractivity contribution is 0.199. The molecule has 0 spiro atoms. The summed E-state index contributed by atoms with van der Waals surface area (Å²) >= 11 is 0. The summed E-state index contributed by atoms with van der Waals surface area (Å²) in [6.45, 7) is 3.28. The molecular formula is C13H17NO. The van der Waals surface area contributed by atoms with Crippen LogP contribution in [-0.2, 0) is 4.74 Å². The molecule has 2 heterocycles. The van der Waals surface area contributed by atoms with E-state index in [9.17, 15) is 0 Å². The highest BCUT2D eigenvalue weighted by Crippen LogP contribution is 2.43. The van der Waals surface area contributed by atoms with E-state index in [0.717, 1.165) is 6.54 Å². The molecule has 1 aromatic carbocycles. The van der Waals surface area contributed by atoms with E-state index < -0.39 is 0 Å². The molecule has 3 unspecified atom stereocenters. The Kier molecular flexibility index (Phi) is 2.08. The van der Waals surface area contributed by atoms with Crippen LogP contribution in [0.15, 0.2) is 24.3 Å². The molecule has 0 aromatic heterocycles. The number of hydrogen-bond acceptors (Lipinski definition) is 2. The van der Waals surface area contributed by atoms with Gasteiger partial charge in [-0.3, -0.25) is 4.90 Å². The van der Waals surface area contributed by atoms with Crippen molar-refractivity contribution in [3.8, 4) is 0 Å². The van der Waals surface area contributed by atoms with Crippen LogP contribution in [0.2, 0.25) is 0 Å². The molecule has 0 saturated carbocycles.